The van der Waals surface area contributed by atoms with Crippen molar-refractivity contribution in [2.24, 2.45) is 5.10 Å². The number of amides is 1. The lowest BCUT2D eigenvalue weighted by Crippen LogP contribution is -2.17. The summed E-state index contributed by atoms with van der Waals surface area (Å²) in [5.41, 5.74) is 4.58. The number of unbranched alkanes of at least 4 members (excludes halogenated alkanes) is 2. The number of rotatable bonds is 9. The van der Waals surface area contributed by atoms with Crippen molar-refractivity contribution < 1.29 is 9.72 Å². The highest BCUT2D eigenvalue weighted by Gasteiger charge is 2.10. The summed E-state index contributed by atoms with van der Waals surface area (Å²) >= 11 is 0. The van der Waals surface area contributed by atoms with Crippen LogP contribution in [-0.4, -0.2) is 17.0 Å². The van der Waals surface area contributed by atoms with Crippen LogP contribution >= 0.6 is 0 Å². The average molecular weight is 365 g/mol. The zero-order valence-corrected chi connectivity index (χ0v) is 15.3. The van der Waals surface area contributed by atoms with Gasteiger partial charge >= 0.3 is 0 Å². The predicted molar refractivity (Wildman–Crippen MR) is 108 cm³/mol. The first kappa shape index (κ1) is 20.0. The van der Waals surface area contributed by atoms with Crippen molar-refractivity contribution in [3.05, 3.63) is 81.4 Å². The Balaban J connectivity index is 2.06. The molecule has 2 aromatic carbocycles. The van der Waals surface area contributed by atoms with Crippen molar-refractivity contribution in [1.82, 2.24) is 5.43 Å². The first-order valence-corrected chi connectivity index (χ1v) is 8.93. The molecule has 0 fully saturated rings. The number of carbonyl (C=O) groups is 1. The summed E-state index contributed by atoms with van der Waals surface area (Å²) in [5, 5.41) is 14.8. The first-order chi connectivity index (χ1) is 13.1. The van der Waals surface area contributed by atoms with Crippen LogP contribution < -0.4 is 5.43 Å². The van der Waals surface area contributed by atoms with Crippen LogP contribution in [-0.2, 0) is 0 Å². The maximum Gasteiger partial charge on any atom is 0.271 e. The number of hydrazone groups is 1. The van der Waals surface area contributed by atoms with Crippen LogP contribution in [0.2, 0.25) is 0 Å². The van der Waals surface area contributed by atoms with E-state index in [9.17, 15) is 14.9 Å². The van der Waals surface area contributed by atoms with E-state index in [0.29, 0.717) is 0 Å². The van der Waals surface area contributed by atoms with E-state index in [4.69, 9.17) is 0 Å². The van der Waals surface area contributed by atoms with Crippen molar-refractivity contribution in [2.45, 2.75) is 32.6 Å². The molecular formula is C21H23N3O3. The van der Waals surface area contributed by atoms with Crippen molar-refractivity contribution in [2.75, 3.05) is 0 Å². The van der Waals surface area contributed by atoms with E-state index in [2.05, 4.69) is 17.5 Å². The van der Waals surface area contributed by atoms with Gasteiger partial charge in [0.25, 0.3) is 11.6 Å². The second kappa shape index (κ2) is 10.7. The second-order valence-electron chi connectivity index (χ2n) is 6.09. The Morgan fingerprint density at radius 2 is 1.93 bits per heavy atom. The summed E-state index contributed by atoms with van der Waals surface area (Å²) in [6, 6.07) is 15.5. The number of nitrogens with zero attached hydrogens (tertiary/aromatic N) is 2. The molecule has 140 valence electrons. The molecule has 0 atom stereocenters. The number of non-ortho nitro benzene ring substituents is 1. The van der Waals surface area contributed by atoms with Gasteiger partial charge in [0.05, 0.1) is 11.1 Å². The van der Waals surface area contributed by atoms with E-state index in [1.807, 2.05) is 36.4 Å². The molecule has 0 saturated heterocycles. The minimum absolute atomic E-state index is 0.129. The zero-order valence-electron chi connectivity index (χ0n) is 15.3. The number of nitro benzene ring substituents is 1. The molecule has 2 aromatic rings. The lowest BCUT2D eigenvalue weighted by atomic mass is 10.1. The smallest absolute Gasteiger partial charge is 0.267 e. The Morgan fingerprint density at radius 3 is 2.63 bits per heavy atom. The zero-order chi connectivity index (χ0) is 19.5. The van der Waals surface area contributed by atoms with Gasteiger partial charge in [-0.1, -0.05) is 62.2 Å². The monoisotopic (exact) mass is 365 g/mol. The van der Waals surface area contributed by atoms with Crippen molar-refractivity contribution in [1.29, 1.82) is 0 Å². The highest BCUT2D eigenvalue weighted by atomic mass is 16.6. The fraction of sp³-hybridized carbons (Fsp3) is 0.238. The molecule has 6 heteroatoms. The van der Waals surface area contributed by atoms with E-state index >= 15 is 0 Å². The second-order valence-corrected chi connectivity index (χ2v) is 6.09. The lowest BCUT2D eigenvalue weighted by molar-refractivity contribution is -0.384. The van der Waals surface area contributed by atoms with Crippen molar-refractivity contribution in [3.8, 4) is 0 Å². The Bertz CT molecular complexity index is 830. The van der Waals surface area contributed by atoms with Gasteiger partial charge in [-0.25, -0.2) is 5.43 Å². The largest absolute Gasteiger partial charge is 0.271 e. The van der Waals surface area contributed by atoms with Crippen LogP contribution in [0.1, 0.15) is 48.5 Å². The van der Waals surface area contributed by atoms with Crippen LogP contribution in [0.25, 0.3) is 6.08 Å². The molecule has 0 unspecified atom stereocenters. The quantitative estimate of drug-likeness (QED) is 0.294. The van der Waals surface area contributed by atoms with Gasteiger partial charge in [0.15, 0.2) is 0 Å². The summed E-state index contributed by atoms with van der Waals surface area (Å²) in [5.74, 6) is -0.484. The molecule has 6 nitrogen and oxygen atoms in total. The summed E-state index contributed by atoms with van der Waals surface area (Å²) in [6.45, 7) is 2.15. The van der Waals surface area contributed by atoms with E-state index in [1.165, 1.54) is 24.3 Å². The molecule has 0 heterocycles. The minimum Gasteiger partial charge on any atom is -0.267 e. The highest BCUT2D eigenvalue weighted by Crippen LogP contribution is 2.14. The van der Waals surface area contributed by atoms with Crippen molar-refractivity contribution >= 4 is 23.9 Å². The summed E-state index contributed by atoms with van der Waals surface area (Å²) < 4.78 is 0. The molecule has 0 saturated carbocycles. The van der Waals surface area contributed by atoms with Crippen LogP contribution in [0, 0.1) is 10.1 Å². The number of hydrogen-bond acceptors (Lipinski definition) is 4. The molecule has 0 aromatic heterocycles. The summed E-state index contributed by atoms with van der Waals surface area (Å²) in [7, 11) is 0. The van der Waals surface area contributed by atoms with Crippen LogP contribution in [0.4, 0.5) is 5.69 Å². The summed E-state index contributed by atoms with van der Waals surface area (Å²) in [4.78, 5) is 22.4. The van der Waals surface area contributed by atoms with Crippen molar-refractivity contribution in [3.63, 3.8) is 0 Å². The molecule has 0 spiro atoms. The topological polar surface area (TPSA) is 84.6 Å². The summed E-state index contributed by atoms with van der Waals surface area (Å²) in [6.07, 6.45) is 7.83. The maximum absolute atomic E-state index is 12.2. The standard InChI is InChI=1S/C21H23N3O3/c1-2-3-5-11-18(14-17-9-6-4-7-10-17)16-22-23-21(25)19-12-8-13-20(15-19)24(26)27/h4,6-10,12-16H,2-3,5,11H2,1H3,(H,23,25). The number of nitrogens with one attached hydrogen (secondary N) is 1. The van der Waals surface area contributed by atoms with Crippen LogP contribution in [0.3, 0.4) is 0 Å². The van der Waals surface area contributed by atoms with Gasteiger partial charge in [0.2, 0.25) is 0 Å². The lowest BCUT2D eigenvalue weighted by Gasteiger charge is -2.03. The van der Waals surface area contributed by atoms with E-state index in [-0.39, 0.29) is 11.3 Å². The fourth-order valence-electron chi connectivity index (χ4n) is 2.52. The number of hydrogen-bond donors (Lipinski definition) is 1. The predicted octanol–water partition coefficient (Wildman–Crippen LogP) is 4.97. The molecule has 2 rings (SSSR count). The third-order valence-corrected chi connectivity index (χ3v) is 3.94. The normalized spacial score (nSPS) is 11.5. The Morgan fingerprint density at radius 1 is 1.15 bits per heavy atom. The van der Waals surface area contributed by atoms with E-state index in [1.54, 1.807) is 6.21 Å². The minimum atomic E-state index is -0.533. The fourth-order valence-corrected chi connectivity index (χ4v) is 2.52. The Labute approximate surface area is 158 Å². The molecular weight excluding hydrogens is 342 g/mol. The number of benzene rings is 2. The van der Waals surface area contributed by atoms with Crippen LogP contribution in [0.15, 0.2) is 65.3 Å². The van der Waals surface area contributed by atoms with Gasteiger partial charge in [-0.3, -0.25) is 14.9 Å². The number of allylic oxidation sites excluding steroid dienone is 1. The first-order valence-electron chi connectivity index (χ1n) is 8.93. The number of carbonyl (C=O) groups excluding carboxylic acids is 1. The maximum atomic E-state index is 12.2. The molecule has 0 aliphatic heterocycles. The molecule has 0 radical (unpaired) electrons. The van der Waals surface area contributed by atoms with Crippen LogP contribution in [0.5, 0.6) is 0 Å². The van der Waals surface area contributed by atoms with Gasteiger partial charge in [-0.2, -0.15) is 5.10 Å². The van der Waals surface area contributed by atoms with E-state index in [0.717, 1.165) is 36.8 Å². The molecule has 1 amide bonds. The van der Waals surface area contributed by atoms with Gasteiger partial charge in [0.1, 0.15) is 0 Å². The SMILES string of the molecule is CCCCCC(C=NNC(=O)c1cccc([N+](=O)[O-])c1)=Cc1ccccc1. The molecule has 27 heavy (non-hydrogen) atoms. The Hall–Kier alpha value is -3.28. The van der Waals surface area contributed by atoms with E-state index < -0.39 is 10.8 Å². The van der Waals surface area contributed by atoms with Gasteiger partial charge in [0, 0.05) is 17.7 Å². The average Bonchev–Trinajstić information content (AvgIpc) is 2.68. The molecule has 0 aliphatic carbocycles. The number of nitro groups is 1. The highest BCUT2D eigenvalue weighted by molar-refractivity contribution is 5.95. The third kappa shape index (κ3) is 6.86. The molecule has 0 bridgehead atoms. The Kier molecular flexibility index (Phi) is 7.91. The third-order valence-electron chi connectivity index (χ3n) is 3.94. The van der Waals surface area contributed by atoms with Gasteiger partial charge in [-0.15, -0.1) is 0 Å². The van der Waals surface area contributed by atoms with Gasteiger partial charge in [-0.05, 0) is 30.0 Å². The molecule has 1 N–H and O–H groups in total. The van der Waals surface area contributed by atoms with Gasteiger partial charge < -0.3 is 0 Å². The molecule has 0 aliphatic rings.